The number of hydrogen-bond acceptors (Lipinski definition) is 4. The highest BCUT2D eigenvalue weighted by Gasteiger charge is 2.45. The van der Waals surface area contributed by atoms with Gasteiger partial charge in [0.15, 0.2) is 0 Å². The molecule has 1 atom stereocenters. The van der Waals surface area contributed by atoms with Crippen molar-refractivity contribution in [1.29, 1.82) is 0 Å². The monoisotopic (exact) mass is 474 g/mol. The molecule has 0 radical (unpaired) electrons. The Morgan fingerprint density at radius 3 is 2.23 bits per heavy atom. The zero-order valence-corrected chi connectivity index (χ0v) is 18.5. The number of aliphatic hydroxyl groups is 1. The number of aliphatic hydroxyl groups excluding tert-OH is 1. The van der Waals surface area contributed by atoms with Gasteiger partial charge >= 0.3 is 0 Å². The van der Waals surface area contributed by atoms with E-state index < -0.39 is 23.5 Å². The van der Waals surface area contributed by atoms with Crippen LogP contribution in [-0.2, 0) is 9.59 Å². The quantitative estimate of drug-likeness (QED) is 0.368. The number of carbonyl (C=O) groups excluding carboxylic acids is 2. The van der Waals surface area contributed by atoms with Crippen molar-refractivity contribution in [2.45, 2.75) is 19.9 Å². The summed E-state index contributed by atoms with van der Waals surface area (Å²) in [4.78, 5) is 29.5. The van der Waals surface area contributed by atoms with Crippen molar-refractivity contribution in [1.82, 2.24) is 9.80 Å². The molecule has 3 rings (SSSR count). The van der Waals surface area contributed by atoms with Crippen molar-refractivity contribution in [2.24, 2.45) is 0 Å². The van der Waals surface area contributed by atoms with Crippen LogP contribution in [-0.4, -0.2) is 52.8 Å². The Bertz CT molecular complexity index is 953. The molecule has 1 fully saturated rings. The summed E-state index contributed by atoms with van der Waals surface area (Å²) in [6.07, 6.45) is 0. The minimum Gasteiger partial charge on any atom is -0.507 e. The van der Waals surface area contributed by atoms with E-state index in [0.717, 1.165) is 23.1 Å². The minimum atomic E-state index is -0.732. The molecule has 2 aromatic rings. The zero-order valence-electron chi connectivity index (χ0n) is 16.9. The van der Waals surface area contributed by atoms with Crippen LogP contribution in [0.15, 0.2) is 58.6 Å². The fourth-order valence-electron chi connectivity index (χ4n) is 3.65. The fraction of sp³-hybridized carbons (Fsp3) is 0.304. The summed E-state index contributed by atoms with van der Waals surface area (Å²) in [5, 5.41) is 10.9. The minimum absolute atomic E-state index is 0.0217. The second kappa shape index (κ2) is 9.53. The number of rotatable bonds is 7. The van der Waals surface area contributed by atoms with Gasteiger partial charge in [0.05, 0.1) is 11.6 Å². The Kier molecular flexibility index (Phi) is 7.05. The first-order valence-electron chi connectivity index (χ1n) is 9.89. The average molecular weight is 475 g/mol. The second-order valence-electron chi connectivity index (χ2n) is 7.08. The number of nitrogens with zero attached hydrogens (tertiary/aromatic N) is 2. The second-order valence-corrected chi connectivity index (χ2v) is 7.99. The lowest BCUT2D eigenvalue weighted by Crippen LogP contribution is -2.38. The zero-order chi connectivity index (χ0) is 21.8. The fourth-order valence-corrected chi connectivity index (χ4v) is 3.92. The molecule has 7 heteroatoms. The molecular weight excluding hydrogens is 451 g/mol. The van der Waals surface area contributed by atoms with Gasteiger partial charge in [0.2, 0.25) is 0 Å². The first-order chi connectivity index (χ1) is 14.4. The molecule has 0 bridgehead atoms. The summed E-state index contributed by atoms with van der Waals surface area (Å²) in [7, 11) is 0. The van der Waals surface area contributed by atoms with Crippen molar-refractivity contribution in [3.8, 4) is 0 Å². The van der Waals surface area contributed by atoms with Crippen LogP contribution >= 0.6 is 15.9 Å². The van der Waals surface area contributed by atoms with Gasteiger partial charge in [0.25, 0.3) is 11.7 Å². The molecule has 1 N–H and O–H groups in total. The first-order valence-corrected chi connectivity index (χ1v) is 10.7. The van der Waals surface area contributed by atoms with E-state index in [1.807, 2.05) is 38.1 Å². The van der Waals surface area contributed by atoms with Crippen LogP contribution in [0.4, 0.5) is 4.39 Å². The molecule has 0 aromatic heterocycles. The average Bonchev–Trinajstić information content (AvgIpc) is 3.00. The predicted octanol–water partition coefficient (Wildman–Crippen LogP) is 4.35. The predicted molar refractivity (Wildman–Crippen MR) is 117 cm³/mol. The number of halogens is 2. The van der Waals surface area contributed by atoms with Gasteiger partial charge in [-0.3, -0.25) is 9.59 Å². The summed E-state index contributed by atoms with van der Waals surface area (Å²) in [6.45, 7) is 6.71. The topological polar surface area (TPSA) is 60.9 Å². The van der Waals surface area contributed by atoms with Gasteiger partial charge in [-0.25, -0.2) is 4.39 Å². The Hall–Kier alpha value is -2.51. The number of ketones is 1. The molecule has 1 aliphatic heterocycles. The van der Waals surface area contributed by atoms with Gasteiger partial charge in [0.1, 0.15) is 11.6 Å². The first kappa shape index (κ1) is 22.2. The van der Waals surface area contributed by atoms with E-state index in [-0.39, 0.29) is 11.3 Å². The third-order valence-electron chi connectivity index (χ3n) is 5.39. The van der Waals surface area contributed by atoms with Crippen LogP contribution in [0.5, 0.6) is 0 Å². The summed E-state index contributed by atoms with van der Waals surface area (Å²) >= 11 is 3.40. The van der Waals surface area contributed by atoms with Crippen molar-refractivity contribution in [3.63, 3.8) is 0 Å². The van der Waals surface area contributed by atoms with Crippen molar-refractivity contribution >= 4 is 33.4 Å². The standard InChI is InChI=1S/C23H24BrFN2O3/c1-3-26(4-2)13-14-27-20(15-5-9-17(24)10-6-15)19(22(29)23(27)30)21(28)16-7-11-18(25)12-8-16/h5-12,20,28H,3-4,13-14H2,1-2H3/t20-/m0/s1. The lowest BCUT2D eigenvalue weighted by molar-refractivity contribution is -0.140. The third kappa shape index (κ3) is 4.47. The Balaban J connectivity index is 2.08. The molecule has 1 aliphatic rings. The number of likely N-dealkylation sites (tertiary alicyclic amines) is 1. The lowest BCUT2D eigenvalue weighted by Gasteiger charge is -2.28. The molecule has 0 unspecified atom stereocenters. The summed E-state index contributed by atoms with van der Waals surface area (Å²) in [5.41, 5.74) is 1.04. The van der Waals surface area contributed by atoms with Crippen molar-refractivity contribution in [2.75, 3.05) is 26.2 Å². The van der Waals surface area contributed by atoms with Crippen LogP contribution in [0.3, 0.4) is 0 Å². The van der Waals surface area contributed by atoms with Gasteiger partial charge in [0, 0.05) is 23.1 Å². The summed E-state index contributed by atoms with van der Waals surface area (Å²) in [6, 6.07) is 11.8. The van der Waals surface area contributed by atoms with Crippen LogP contribution in [0.2, 0.25) is 0 Å². The van der Waals surface area contributed by atoms with E-state index in [9.17, 15) is 19.1 Å². The van der Waals surface area contributed by atoms with Crippen LogP contribution in [0.25, 0.3) is 5.76 Å². The number of carbonyl (C=O) groups is 2. The summed E-state index contributed by atoms with van der Waals surface area (Å²) < 4.78 is 14.2. The van der Waals surface area contributed by atoms with Crippen LogP contribution in [0.1, 0.15) is 31.0 Å². The van der Waals surface area contributed by atoms with E-state index in [4.69, 9.17) is 0 Å². The number of amides is 1. The molecule has 158 valence electrons. The number of hydrogen-bond donors (Lipinski definition) is 1. The van der Waals surface area contributed by atoms with E-state index in [2.05, 4.69) is 20.8 Å². The SMILES string of the molecule is CCN(CC)CCN1C(=O)C(=O)C(=C(O)c2ccc(F)cc2)[C@@H]1c1ccc(Br)cc1. The van der Waals surface area contributed by atoms with E-state index in [0.29, 0.717) is 18.7 Å². The normalized spacial score (nSPS) is 18.4. The molecule has 5 nitrogen and oxygen atoms in total. The summed E-state index contributed by atoms with van der Waals surface area (Å²) in [5.74, 6) is -2.12. The molecule has 1 saturated heterocycles. The Morgan fingerprint density at radius 1 is 1.07 bits per heavy atom. The van der Waals surface area contributed by atoms with Crippen LogP contribution in [0, 0.1) is 5.82 Å². The molecule has 0 saturated carbocycles. The molecule has 1 heterocycles. The Morgan fingerprint density at radius 2 is 1.67 bits per heavy atom. The molecule has 1 amide bonds. The van der Waals surface area contributed by atoms with Crippen LogP contribution < -0.4 is 0 Å². The van der Waals surface area contributed by atoms with E-state index in [1.165, 1.54) is 29.2 Å². The smallest absolute Gasteiger partial charge is 0.295 e. The van der Waals surface area contributed by atoms with E-state index in [1.54, 1.807) is 0 Å². The lowest BCUT2D eigenvalue weighted by atomic mass is 9.95. The number of likely N-dealkylation sites (N-methyl/N-ethyl adjacent to an activating group) is 1. The number of benzene rings is 2. The number of Topliss-reactive ketones (excluding diaryl/α,β-unsaturated/α-hetero) is 1. The van der Waals surface area contributed by atoms with Crippen molar-refractivity contribution in [3.05, 3.63) is 75.5 Å². The molecule has 0 aliphatic carbocycles. The maximum Gasteiger partial charge on any atom is 0.295 e. The van der Waals surface area contributed by atoms with Gasteiger partial charge < -0.3 is 14.9 Å². The van der Waals surface area contributed by atoms with Crippen molar-refractivity contribution < 1.29 is 19.1 Å². The largest absolute Gasteiger partial charge is 0.507 e. The van der Waals surface area contributed by atoms with Gasteiger partial charge in [-0.2, -0.15) is 0 Å². The highest BCUT2D eigenvalue weighted by atomic mass is 79.9. The highest BCUT2D eigenvalue weighted by Crippen LogP contribution is 2.39. The third-order valence-corrected chi connectivity index (χ3v) is 5.92. The van der Waals surface area contributed by atoms with Gasteiger partial charge in [-0.15, -0.1) is 0 Å². The Labute approximate surface area is 183 Å². The van der Waals surface area contributed by atoms with E-state index >= 15 is 0 Å². The maximum atomic E-state index is 13.3. The highest BCUT2D eigenvalue weighted by molar-refractivity contribution is 9.10. The molecule has 0 spiro atoms. The van der Waals surface area contributed by atoms with Gasteiger partial charge in [-0.05, 0) is 55.1 Å². The molecule has 2 aromatic carbocycles. The van der Waals surface area contributed by atoms with Gasteiger partial charge in [-0.1, -0.05) is 41.9 Å². The molecular formula is C23H24BrFN2O3. The maximum absolute atomic E-state index is 13.3. The molecule has 30 heavy (non-hydrogen) atoms.